The molecule has 0 radical (unpaired) electrons. The monoisotopic (exact) mass is 396 g/mol. The number of likely N-dealkylation sites (N-methyl/N-ethyl adjacent to an activating group) is 1. The fourth-order valence-electron chi connectivity index (χ4n) is 2.58. The van der Waals surface area contributed by atoms with Crippen LogP contribution in [0.5, 0.6) is 5.75 Å². The Morgan fingerprint density at radius 1 is 1.12 bits per heavy atom. The fourth-order valence-corrected chi connectivity index (χ4v) is 3.68. The van der Waals surface area contributed by atoms with E-state index in [4.69, 9.17) is 21.3 Å². The van der Waals surface area contributed by atoms with Gasteiger partial charge in [0.1, 0.15) is 17.4 Å². The van der Waals surface area contributed by atoms with E-state index in [1.165, 1.54) is 0 Å². The minimum absolute atomic E-state index is 0. The lowest BCUT2D eigenvalue weighted by molar-refractivity contribution is 0.223. The molecule has 0 N–H and O–H groups in total. The van der Waals surface area contributed by atoms with Crippen molar-refractivity contribution in [2.75, 3.05) is 26.2 Å². The molecule has 25 heavy (non-hydrogen) atoms. The van der Waals surface area contributed by atoms with Crippen LogP contribution < -0.4 is 4.74 Å². The Labute approximate surface area is 164 Å². The molecule has 0 aliphatic carbocycles. The average molecular weight is 397 g/mol. The van der Waals surface area contributed by atoms with Crippen molar-refractivity contribution in [3.63, 3.8) is 0 Å². The van der Waals surface area contributed by atoms with Crippen LogP contribution in [0, 0.1) is 0 Å². The highest BCUT2D eigenvalue weighted by Gasteiger charge is 2.08. The van der Waals surface area contributed by atoms with E-state index < -0.39 is 0 Å². The number of ether oxygens (including phenoxy) is 1. The Kier molecular flexibility index (Phi) is 7.51. The van der Waals surface area contributed by atoms with Crippen LogP contribution in [0.4, 0.5) is 0 Å². The normalized spacial score (nSPS) is 10.9. The Morgan fingerprint density at radius 2 is 1.92 bits per heavy atom. The molecule has 0 saturated carbocycles. The summed E-state index contributed by atoms with van der Waals surface area (Å²) >= 11 is 7.72. The second-order valence-corrected chi connectivity index (χ2v) is 7.00. The van der Waals surface area contributed by atoms with E-state index in [2.05, 4.69) is 30.9 Å². The Balaban J connectivity index is 0.00000225. The molecule has 3 rings (SSSR count). The molecule has 0 aliphatic rings. The number of aromatic nitrogens is 1. The van der Waals surface area contributed by atoms with Crippen molar-refractivity contribution in [2.45, 2.75) is 13.8 Å². The molecule has 0 unspecified atom stereocenters. The molecule has 0 bridgehead atoms. The largest absolute Gasteiger partial charge is 0.492 e. The van der Waals surface area contributed by atoms with Crippen LogP contribution in [0.3, 0.4) is 0 Å². The number of rotatable bonds is 7. The molecule has 134 valence electrons. The van der Waals surface area contributed by atoms with Crippen molar-refractivity contribution in [1.29, 1.82) is 0 Å². The van der Waals surface area contributed by atoms with Gasteiger partial charge in [-0.1, -0.05) is 37.6 Å². The third-order valence-corrected chi connectivity index (χ3v) is 5.32. The number of benzene rings is 2. The Morgan fingerprint density at radius 3 is 2.68 bits per heavy atom. The predicted molar refractivity (Wildman–Crippen MR) is 111 cm³/mol. The van der Waals surface area contributed by atoms with E-state index >= 15 is 0 Å². The maximum atomic E-state index is 6.05. The van der Waals surface area contributed by atoms with E-state index in [1.807, 2.05) is 30.3 Å². The van der Waals surface area contributed by atoms with Crippen LogP contribution in [0.25, 0.3) is 20.8 Å². The van der Waals surface area contributed by atoms with Gasteiger partial charge in [-0.15, -0.1) is 23.7 Å². The van der Waals surface area contributed by atoms with E-state index in [9.17, 15) is 0 Å². The van der Waals surface area contributed by atoms with Crippen molar-refractivity contribution < 1.29 is 4.74 Å². The van der Waals surface area contributed by atoms with Crippen LogP contribution in [-0.2, 0) is 0 Å². The third kappa shape index (κ3) is 5.08. The Bertz CT molecular complexity index is 818. The second kappa shape index (κ2) is 9.39. The van der Waals surface area contributed by atoms with Crippen LogP contribution >= 0.6 is 35.3 Å². The first-order valence-corrected chi connectivity index (χ1v) is 9.40. The molecule has 6 heteroatoms. The molecule has 0 atom stereocenters. The minimum Gasteiger partial charge on any atom is -0.492 e. The highest BCUT2D eigenvalue weighted by molar-refractivity contribution is 7.21. The summed E-state index contributed by atoms with van der Waals surface area (Å²) in [5.41, 5.74) is 2.02. The van der Waals surface area contributed by atoms with Crippen molar-refractivity contribution in [3.05, 3.63) is 47.5 Å². The topological polar surface area (TPSA) is 25.4 Å². The average Bonchev–Trinajstić information content (AvgIpc) is 3.02. The van der Waals surface area contributed by atoms with E-state index in [0.29, 0.717) is 11.6 Å². The van der Waals surface area contributed by atoms with Gasteiger partial charge in [-0.3, -0.25) is 0 Å². The second-order valence-electron chi connectivity index (χ2n) is 5.53. The lowest BCUT2D eigenvalue weighted by Crippen LogP contribution is -2.27. The molecule has 0 spiro atoms. The van der Waals surface area contributed by atoms with Crippen molar-refractivity contribution in [3.8, 4) is 16.3 Å². The molecule has 3 aromatic rings. The molecule has 0 saturated heterocycles. The standard InChI is InChI=1S/C19H21ClN2OS.ClH/c1-3-22(4-2)10-11-23-16-7-5-6-14(12-16)19-21-17-13-15(20)8-9-18(17)24-19;/h5-9,12-13H,3-4,10-11H2,1-2H3;1H. The SMILES string of the molecule is CCN(CC)CCOc1cccc(-c2nc3cc(Cl)ccc3s2)c1.Cl. The van der Waals surface area contributed by atoms with Gasteiger partial charge in [0.25, 0.3) is 0 Å². The molecule has 0 fully saturated rings. The molecule has 0 amide bonds. The predicted octanol–water partition coefficient (Wildman–Crippen LogP) is 5.76. The van der Waals surface area contributed by atoms with Gasteiger partial charge in [-0.05, 0) is 43.4 Å². The summed E-state index contributed by atoms with van der Waals surface area (Å²) in [6.45, 7) is 8.08. The van der Waals surface area contributed by atoms with Gasteiger partial charge in [0, 0.05) is 17.1 Å². The molecule has 0 aliphatic heterocycles. The first-order valence-electron chi connectivity index (χ1n) is 8.21. The zero-order chi connectivity index (χ0) is 16.9. The van der Waals surface area contributed by atoms with Crippen molar-refractivity contribution >= 4 is 45.6 Å². The zero-order valence-electron chi connectivity index (χ0n) is 14.4. The number of fused-ring (bicyclic) bond motifs is 1. The number of halogens is 2. The maximum Gasteiger partial charge on any atom is 0.124 e. The Hall–Kier alpha value is -1.33. The summed E-state index contributed by atoms with van der Waals surface area (Å²) in [6, 6.07) is 14.0. The maximum absolute atomic E-state index is 6.05. The van der Waals surface area contributed by atoms with E-state index in [1.54, 1.807) is 11.3 Å². The van der Waals surface area contributed by atoms with E-state index in [0.717, 1.165) is 46.2 Å². The summed E-state index contributed by atoms with van der Waals surface area (Å²) < 4.78 is 7.05. The van der Waals surface area contributed by atoms with Crippen molar-refractivity contribution in [1.82, 2.24) is 9.88 Å². The first-order chi connectivity index (χ1) is 11.7. The number of hydrogen-bond acceptors (Lipinski definition) is 4. The summed E-state index contributed by atoms with van der Waals surface area (Å²) in [5, 5.41) is 1.70. The smallest absolute Gasteiger partial charge is 0.124 e. The molecular formula is C19H22Cl2N2OS. The van der Waals surface area contributed by atoms with Crippen LogP contribution in [-0.4, -0.2) is 36.1 Å². The molecule has 3 nitrogen and oxygen atoms in total. The quantitative estimate of drug-likeness (QED) is 0.507. The summed E-state index contributed by atoms with van der Waals surface area (Å²) in [4.78, 5) is 7.04. The fraction of sp³-hybridized carbons (Fsp3) is 0.316. The zero-order valence-corrected chi connectivity index (χ0v) is 16.8. The lowest BCUT2D eigenvalue weighted by atomic mass is 10.2. The van der Waals surface area contributed by atoms with Gasteiger partial charge in [0.2, 0.25) is 0 Å². The number of thiazole rings is 1. The summed E-state index contributed by atoms with van der Waals surface area (Å²) in [6.07, 6.45) is 0. The van der Waals surface area contributed by atoms with Crippen LogP contribution in [0.15, 0.2) is 42.5 Å². The first kappa shape index (κ1) is 20.0. The molecular weight excluding hydrogens is 375 g/mol. The van der Waals surface area contributed by atoms with Gasteiger partial charge in [0.15, 0.2) is 0 Å². The van der Waals surface area contributed by atoms with Gasteiger partial charge < -0.3 is 9.64 Å². The van der Waals surface area contributed by atoms with Crippen molar-refractivity contribution in [2.24, 2.45) is 0 Å². The summed E-state index contributed by atoms with van der Waals surface area (Å²) in [7, 11) is 0. The molecule has 1 aromatic heterocycles. The van der Waals surface area contributed by atoms with Crippen LogP contribution in [0.1, 0.15) is 13.8 Å². The number of nitrogens with zero attached hydrogens (tertiary/aromatic N) is 2. The number of hydrogen-bond donors (Lipinski definition) is 0. The van der Waals surface area contributed by atoms with E-state index in [-0.39, 0.29) is 12.4 Å². The lowest BCUT2D eigenvalue weighted by Gasteiger charge is -2.18. The molecule has 1 heterocycles. The highest BCUT2D eigenvalue weighted by atomic mass is 35.5. The third-order valence-electron chi connectivity index (χ3n) is 4.00. The van der Waals surface area contributed by atoms with Gasteiger partial charge >= 0.3 is 0 Å². The minimum atomic E-state index is 0. The highest BCUT2D eigenvalue weighted by Crippen LogP contribution is 2.32. The van der Waals surface area contributed by atoms with Crippen LogP contribution in [0.2, 0.25) is 5.02 Å². The van der Waals surface area contributed by atoms with Gasteiger partial charge in [-0.25, -0.2) is 4.98 Å². The molecule has 2 aromatic carbocycles. The van der Waals surface area contributed by atoms with Gasteiger partial charge in [-0.2, -0.15) is 0 Å². The van der Waals surface area contributed by atoms with Gasteiger partial charge in [0.05, 0.1) is 10.2 Å². The summed E-state index contributed by atoms with van der Waals surface area (Å²) in [5.74, 6) is 0.886.